The largest absolute Gasteiger partial charge is 0.506 e. The highest BCUT2D eigenvalue weighted by atomic mass is 32.2. The van der Waals surface area contributed by atoms with Crippen LogP contribution in [-0.4, -0.2) is 30.8 Å². The number of phenols is 1. The van der Waals surface area contributed by atoms with Gasteiger partial charge in [-0.1, -0.05) is 0 Å². The van der Waals surface area contributed by atoms with Gasteiger partial charge in [0.15, 0.2) is 0 Å². The second-order valence-electron chi connectivity index (χ2n) is 3.85. The Bertz CT molecular complexity index is 694. The van der Waals surface area contributed by atoms with Gasteiger partial charge in [0, 0.05) is 6.07 Å². The second kappa shape index (κ2) is 4.81. The lowest BCUT2D eigenvalue weighted by Crippen LogP contribution is -2.13. The minimum absolute atomic E-state index is 0.0303. The predicted octanol–water partition coefficient (Wildman–Crippen LogP) is 1.23. The smallest absolute Gasteiger partial charge is 0.265 e. The lowest BCUT2D eigenvalue weighted by Gasteiger charge is -2.10. The molecule has 8 heteroatoms. The van der Waals surface area contributed by atoms with Gasteiger partial charge in [0.1, 0.15) is 16.4 Å². The average Bonchev–Trinajstić information content (AvgIpc) is 2.79. The molecule has 1 aromatic heterocycles. The number of sulfonamides is 1. The highest BCUT2D eigenvalue weighted by Crippen LogP contribution is 2.29. The van der Waals surface area contributed by atoms with Crippen molar-refractivity contribution < 1.29 is 18.3 Å². The van der Waals surface area contributed by atoms with Crippen LogP contribution < -0.4 is 9.46 Å². The predicted molar refractivity (Wildman–Crippen MR) is 68.8 cm³/mol. The van der Waals surface area contributed by atoms with E-state index in [1.54, 1.807) is 13.0 Å². The van der Waals surface area contributed by atoms with Crippen LogP contribution in [0.1, 0.15) is 5.69 Å². The normalized spacial score (nSPS) is 11.3. The van der Waals surface area contributed by atoms with E-state index in [1.807, 2.05) is 0 Å². The lowest BCUT2D eigenvalue weighted by atomic mass is 10.3. The Morgan fingerprint density at radius 1 is 1.42 bits per heavy atom. The molecule has 0 unspecified atom stereocenters. The fourth-order valence-corrected chi connectivity index (χ4v) is 2.75. The zero-order chi connectivity index (χ0) is 14.0. The molecule has 0 fully saturated rings. The number of aromatic amines is 1. The number of hydrogen-bond acceptors (Lipinski definition) is 5. The summed E-state index contributed by atoms with van der Waals surface area (Å²) < 4.78 is 31.4. The third kappa shape index (κ3) is 2.63. The monoisotopic (exact) mass is 283 g/mol. The van der Waals surface area contributed by atoms with E-state index < -0.39 is 10.0 Å². The van der Waals surface area contributed by atoms with Crippen molar-refractivity contribution in [2.24, 2.45) is 0 Å². The summed E-state index contributed by atoms with van der Waals surface area (Å²) in [6.45, 7) is 1.59. The molecule has 0 atom stereocenters. The van der Waals surface area contributed by atoms with Crippen molar-refractivity contribution in [2.75, 3.05) is 11.8 Å². The fourth-order valence-electron chi connectivity index (χ4n) is 1.54. The van der Waals surface area contributed by atoms with Crippen LogP contribution in [0.5, 0.6) is 11.5 Å². The molecular weight excluding hydrogens is 270 g/mol. The number of methoxy groups -OCH3 is 1. The minimum atomic E-state index is -3.79. The molecule has 1 heterocycles. The maximum absolute atomic E-state index is 12.1. The van der Waals surface area contributed by atoms with E-state index in [-0.39, 0.29) is 16.3 Å². The van der Waals surface area contributed by atoms with Crippen molar-refractivity contribution in [3.63, 3.8) is 0 Å². The van der Waals surface area contributed by atoms with Gasteiger partial charge < -0.3 is 9.84 Å². The summed E-state index contributed by atoms with van der Waals surface area (Å²) in [5.41, 5.74) is 0.488. The Morgan fingerprint density at radius 3 is 2.68 bits per heavy atom. The van der Waals surface area contributed by atoms with Gasteiger partial charge in [-0.05, 0) is 19.1 Å². The van der Waals surface area contributed by atoms with Crippen molar-refractivity contribution in [2.45, 2.75) is 11.8 Å². The van der Waals surface area contributed by atoms with Crippen LogP contribution in [-0.2, 0) is 10.0 Å². The van der Waals surface area contributed by atoms with Gasteiger partial charge in [0.2, 0.25) is 0 Å². The first kappa shape index (κ1) is 13.2. The molecular formula is C11H13N3O4S. The van der Waals surface area contributed by atoms with Crippen LogP contribution in [0.3, 0.4) is 0 Å². The molecule has 0 saturated heterocycles. The van der Waals surface area contributed by atoms with E-state index in [1.165, 1.54) is 25.4 Å². The Balaban J connectivity index is 2.34. The van der Waals surface area contributed by atoms with Gasteiger partial charge in [-0.15, -0.1) is 0 Å². The summed E-state index contributed by atoms with van der Waals surface area (Å²) in [6, 6.07) is 4.28. The summed E-state index contributed by atoms with van der Waals surface area (Å²) in [5, 5.41) is 15.9. The molecule has 2 rings (SSSR count). The Hall–Kier alpha value is -2.22. The Labute approximate surface area is 110 Å². The van der Waals surface area contributed by atoms with Crippen molar-refractivity contribution in [3.05, 3.63) is 30.1 Å². The number of H-pyrrole nitrogens is 1. The topological polar surface area (TPSA) is 104 Å². The fraction of sp³-hybridized carbons (Fsp3) is 0.182. The molecule has 0 saturated carbocycles. The number of aryl methyl sites for hydroxylation is 1. The molecule has 0 aliphatic heterocycles. The zero-order valence-electron chi connectivity index (χ0n) is 10.3. The molecule has 3 N–H and O–H groups in total. The molecule has 0 radical (unpaired) electrons. The maximum atomic E-state index is 12.1. The van der Waals surface area contributed by atoms with E-state index in [2.05, 4.69) is 14.9 Å². The van der Waals surface area contributed by atoms with Crippen molar-refractivity contribution in [1.29, 1.82) is 0 Å². The molecule has 19 heavy (non-hydrogen) atoms. The molecule has 2 aromatic rings. The van der Waals surface area contributed by atoms with Crippen LogP contribution >= 0.6 is 0 Å². The van der Waals surface area contributed by atoms with Gasteiger partial charge in [-0.25, -0.2) is 8.42 Å². The summed E-state index contributed by atoms with van der Waals surface area (Å²) in [7, 11) is -2.34. The first-order valence-electron chi connectivity index (χ1n) is 5.34. The van der Waals surface area contributed by atoms with Crippen LogP contribution in [0.2, 0.25) is 0 Å². The van der Waals surface area contributed by atoms with Crippen molar-refractivity contribution in [3.8, 4) is 11.5 Å². The summed E-state index contributed by atoms with van der Waals surface area (Å²) >= 11 is 0. The number of phenolic OH excluding ortho intramolecular Hbond substituents is 1. The van der Waals surface area contributed by atoms with E-state index in [0.717, 1.165) is 0 Å². The number of hydrogen-bond donors (Lipinski definition) is 3. The molecule has 0 aliphatic carbocycles. The third-order valence-electron chi connectivity index (χ3n) is 2.52. The number of nitrogens with zero attached hydrogens (tertiary/aromatic N) is 1. The number of ether oxygens (including phenoxy) is 1. The molecule has 7 nitrogen and oxygen atoms in total. The molecule has 0 amide bonds. The van der Waals surface area contributed by atoms with Crippen LogP contribution in [0.4, 0.5) is 5.69 Å². The maximum Gasteiger partial charge on any atom is 0.265 e. The van der Waals surface area contributed by atoms with E-state index >= 15 is 0 Å². The number of aromatic nitrogens is 2. The van der Waals surface area contributed by atoms with Gasteiger partial charge in [0.25, 0.3) is 10.0 Å². The summed E-state index contributed by atoms with van der Waals surface area (Å²) in [6.07, 6.45) is 1.21. The number of anilines is 1. The quantitative estimate of drug-likeness (QED) is 0.732. The van der Waals surface area contributed by atoms with E-state index in [9.17, 15) is 13.5 Å². The standard InChI is InChI=1S/C11H13N3O4S/c1-7-11(6-12-13-7)19(16,17)14-9-4-3-8(18-2)5-10(9)15/h3-6,14-15H,1-2H3,(H,12,13). The Morgan fingerprint density at radius 2 is 2.16 bits per heavy atom. The highest BCUT2D eigenvalue weighted by molar-refractivity contribution is 7.92. The van der Waals surface area contributed by atoms with Crippen LogP contribution in [0.15, 0.2) is 29.3 Å². The first-order valence-corrected chi connectivity index (χ1v) is 6.82. The van der Waals surface area contributed by atoms with Crippen LogP contribution in [0, 0.1) is 6.92 Å². The van der Waals surface area contributed by atoms with Crippen molar-refractivity contribution >= 4 is 15.7 Å². The zero-order valence-corrected chi connectivity index (χ0v) is 11.2. The third-order valence-corrected chi connectivity index (χ3v) is 4.00. The minimum Gasteiger partial charge on any atom is -0.506 e. The number of benzene rings is 1. The lowest BCUT2D eigenvalue weighted by molar-refractivity contribution is 0.408. The first-order chi connectivity index (χ1) is 8.94. The molecule has 1 aromatic carbocycles. The molecule has 0 bridgehead atoms. The van der Waals surface area contributed by atoms with E-state index in [4.69, 9.17) is 4.74 Å². The van der Waals surface area contributed by atoms with Crippen LogP contribution in [0.25, 0.3) is 0 Å². The van der Waals surface area contributed by atoms with E-state index in [0.29, 0.717) is 11.4 Å². The highest BCUT2D eigenvalue weighted by Gasteiger charge is 2.20. The second-order valence-corrected chi connectivity index (χ2v) is 5.50. The van der Waals surface area contributed by atoms with Gasteiger partial charge in [-0.2, -0.15) is 5.10 Å². The summed E-state index contributed by atoms with van der Waals surface area (Å²) in [5.74, 6) is 0.212. The number of aromatic hydroxyl groups is 1. The van der Waals surface area contributed by atoms with Crippen molar-refractivity contribution in [1.82, 2.24) is 10.2 Å². The van der Waals surface area contributed by atoms with Gasteiger partial charge in [0.05, 0.1) is 24.7 Å². The number of nitrogens with one attached hydrogen (secondary N) is 2. The number of rotatable bonds is 4. The Kier molecular flexibility index (Phi) is 3.34. The molecule has 0 spiro atoms. The molecule has 102 valence electrons. The average molecular weight is 283 g/mol. The SMILES string of the molecule is COc1ccc(NS(=O)(=O)c2cn[nH]c2C)c(O)c1. The van der Waals surface area contributed by atoms with Gasteiger partial charge in [-0.3, -0.25) is 9.82 Å². The van der Waals surface area contributed by atoms with Gasteiger partial charge >= 0.3 is 0 Å². The summed E-state index contributed by atoms with van der Waals surface area (Å²) in [4.78, 5) is 0.0303. The molecule has 0 aliphatic rings.